The Morgan fingerprint density at radius 3 is 1.68 bits per heavy atom. The summed E-state index contributed by atoms with van der Waals surface area (Å²) in [5.41, 5.74) is 6.83. The molecule has 2 N–H and O–H groups in total. The van der Waals surface area contributed by atoms with E-state index < -0.39 is 28.8 Å². The number of primary amides is 1. The van der Waals surface area contributed by atoms with Crippen LogP contribution in [0, 0.1) is 29.6 Å². The molecule has 9 heteroatoms. The van der Waals surface area contributed by atoms with E-state index in [0.29, 0.717) is 0 Å². The second-order valence-electron chi connectivity index (χ2n) is 16.7. The Balaban J connectivity index is 6.68. The number of hydrogen-bond acceptors (Lipinski definition) is 6. The highest BCUT2D eigenvalue weighted by Crippen LogP contribution is 2.42. The van der Waals surface area contributed by atoms with Crippen molar-refractivity contribution >= 4 is 28.7 Å². The molecular weight excluding hydrogens is 623 g/mol. The van der Waals surface area contributed by atoms with E-state index in [2.05, 4.69) is 115 Å². The van der Waals surface area contributed by atoms with Crippen LogP contribution in [0.15, 0.2) is 48.6 Å². The first-order chi connectivity index (χ1) is 21.2. The van der Waals surface area contributed by atoms with Gasteiger partial charge in [0.15, 0.2) is 16.6 Å². The van der Waals surface area contributed by atoms with Crippen molar-refractivity contribution in [1.29, 1.82) is 0 Å². The lowest BCUT2D eigenvalue weighted by atomic mass is 9.81. The predicted molar refractivity (Wildman–Crippen MR) is 203 cm³/mol. The third-order valence-corrected chi connectivity index (χ3v) is 19.3. The maximum absolute atomic E-state index is 12.1. The smallest absolute Gasteiger partial charge is 0.404 e. The minimum Gasteiger partial charge on any atom is -0.466 e. The molecule has 0 aromatic heterocycles. The van der Waals surface area contributed by atoms with Crippen LogP contribution in [0.3, 0.4) is 0 Å². The van der Waals surface area contributed by atoms with Crippen molar-refractivity contribution in [1.82, 2.24) is 0 Å². The van der Waals surface area contributed by atoms with E-state index in [9.17, 15) is 9.59 Å². The van der Waals surface area contributed by atoms with Crippen LogP contribution in [-0.4, -0.2) is 54.1 Å². The fourth-order valence-corrected chi connectivity index (χ4v) is 8.43. The van der Waals surface area contributed by atoms with Gasteiger partial charge in [0, 0.05) is 23.8 Å². The van der Waals surface area contributed by atoms with Crippen molar-refractivity contribution in [2.75, 3.05) is 7.11 Å². The van der Waals surface area contributed by atoms with Gasteiger partial charge in [-0.05, 0) is 61.4 Å². The molecular formula is C38H71NO6Si2. The molecule has 0 aromatic rings. The summed E-state index contributed by atoms with van der Waals surface area (Å²) in [6.45, 7) is 39.1. The number of hydrogen-bond donors (Lipinski definition) is 1. The topological polar surface area (TPSA) is 97.1 Å². The van der Waals surface area contributed by atoms with Gasteiger partial charge in [0.25, 0.3) is 0 Å². The molecule has 0 unspecified atom stereocenters. The number of nitrogens with two attached hydrogens (primary N) is 1. The summed E-state index contributed by atoms with van der Waals surface area (Å²) in [7, 11) is -2.94. The Morgan fingerprint density at radius 2 is 1.26 bits per heavy atom. The third-order valence-electron chi connectivity index (χ3n) is 10.4. The van der Waals surface area contributed by atoms with E-state index in [-0.39, 0.29) is 57.8 Å². The first-order valence-electron chi connectivity index (χ1n) is 17.3. The molecule has 1 amide bonds. The van der Waals surface area contributed by atoms with Gasteiger partial charge in [-0.1, -0.05) is 119 Å². The molecule has 0 spiro atoms. The van der Waals surface area contributed by atoms with Crippen molar-refractivity contribution < 1.29 is 27.9 Å². The maximum atomic E-state index is 12.1. The molecule has 0 aromatic carbocycles. The summed E-state index contributed by atoms with van der Waals surface area (Å²) in [6.07, 6.45) is 10.6. The van der Waals surface area contributed by atoms with E-state index in [1.807, 2.05) is 25.2 Å². The molecule has 0 heterocycles. The zero-order valence-electron chi connectivity index (χ0n) is 33.0. The van der Waals surface area contributed by atoms with Crippen LogP contribution in [0.4, 0.5) is 4.79 Å². The molecule has 0 saturated heterocycles. The lowest BCUT2D eigenvalue weighted by Gasteiger charge is -2.45. The number of methoxy groups -OCH3 is 1. The van der Waals surface area contributed by atoms with Crippen molar-refractivity contribution in [3.05, 3.63) is 48.6 Å². The number of ether oxygens (including phenoxy) is 2. The molecule has 0 aliphatic heterocycles. The van der Waals surface area contributed by atoms with E-state index in [1.54, 1.807) is 6.08 Å². The highest BCUT2D eigenvalue weighted by Gasteiger charge is 2.44. The first-order valence-corrected chi connectivity index (χ1v) is 23.1. The highest BCUT2D eigenvalue weighted by atomic mass is 28.4. The van der Waals surface area contributed by atoms with Crippen molar-refractivity contribution in [2.24, 2.45) is 35.3 Å². The molecule has 272 valence electrons. The van der Waals surface area contributed by atoms with Gasteiger partial charge in [-0.3, -0.25) is 0 Å². The van der Waals surface area contributed by atoms with Crippen LogP contribution in [0.1, 0.15) is 89.5 Å². The van der Waals surface area contributed by atoms with Crippen LogP contribution in [0.2, 0.25) is 36.3 Å². The van der Waals surface area contributed by atoms with Gasteiger partial charge in [-0.2, -0.15) is 0 Å². The number of carbonyl (C=O) groups excluding carboxylic acids is 2. The van der Waals surface area contributed by atoms with E-state index in [0.717, 1.165) is 6.42 Å². The quantitative estimate of drug-likeness (QED) is 0.0505. The van der Waals surface area contributed by atoms with Gasteiger partial charge >= 0.3 is 12.1 Å². The second kappa shape index (κ2) is 18.7. The number of rotatable bonds is 18. The lowest BCUT2D eigenvalue weighted by molar-refractivity contribution is -0.134. The average Bonchev–Trinajstić information content (AvgIpc) is 2.92. The van der Waals surface area contributed by atoms with E-state index in [1.165, 1.54) is 18.8 Å². The number of allylic oxidation sites excluding steroid dienone is 3. The van der Waals surface area contributed by atoms with Gasteiger partial charge in [-0.15, -0.1) is 0 Å². The highest BCUT2D eigenvalue weighted by molar-refractivity contribution is 6.74. The monoisotopic (exact) mass is 693 g/mol. The molecule has 0 saturated carbocycles. The van der Waals surface area contributed by atoms with Crippen molar-refractivity contribution in [2.45, 2.75) is 144 Å². The minimum atomic E-state index is -2.21. The Bertz CT molecular complexity index is 1100. The molecule has 0 fully saturated rings. The van der Waals surface area contributed by atoms with Crippen LogP contribution >= 0.6 is 0 Å². The molecule has 8 atom stereocenters. The van der Waals surface area contributed by atoms with Gasteiger partial charge in [0.1, 0.15) is 6.10 Å². The van der Waals surface area contributed by atoms with Crippen LogP contribution < -0.4 is 5.73 Å². The van der Waals surface area contributed by atoms with Crippen molar-refractivity contribution in [3.8, 4) is 0 Å². The van der Waals surface area contributed by atoms with Crippen LogP contribution in [0.5, 0.6) is 0 Å². The zero-order chi connectivity index (χ0) is 37.1. The van der Waals surface area contributed by atoms with E-state index in [4.69, 9.17) is 24.1 Å². The van der Waals surface area contributed by atoms with Crippen molar-refractivity contribution in [3.63, 3.8) is 0 Å². The summed E-state index contributed by atoms with van der Waals surface area (Å²) >= 11 is 0. The fourth-order valence-electron chi connectivity index (χ4n) is 5.49. The predicted octanol–water partition coefficient (Wildman–Crippen LogP) is 10.2. The molecule has 0 radical (unpaired) electrons. The summed E-state index contributed by atoms with van der Waals surface area (Å²) in [4.78, 5) is 24.0. The minimum absolute atomic E-state index is 0.000644. The Kier molecular flexibility index (Phi) is 17.9. The van der Waals surface area contributed by atoms with E-state index >= 15 is 0 Å². The lowest BCUT2D eigenvalue weighted by Crippen LogP contribution is -2.50. The summed E-state index contributed by atoms with van der Waals surface area (Å²) in [6, 6.07) is 0. The third kappa shape index (κ3) is 14.6. The molecule has 0 bridgehead atoms. The zero-order valence-corrected chi connectivity index (χ0v) is 35.0. The fraction of sp³-hybridized carbons (Fsp3) is 0.737. The summed E-state index contributed by atoms with van der Waals surface area (Å²) in [5, 5.41) is 0.0383. The standard InChI is InChI=1S/C38H71NO6Si2/c1-19-20-21-27(3)34(43-36(39)41)31(7)35(45-47(17,18)38(11,12)13)30(6)25-26(2)24-29(5)33(28(4)22-23-32(40)42-14)44-46(15,16)37(8,9)10/h19-24,27-31,33-35H,1,25H2,2-18H3,(H2,39,41)/b21-20-,23-22-,26-24-/t27-,28-,29-,30-,31+,33-,34-,35+/m0/s1. The molecule has 0 aliphatic carbocycles. The van der Waals surface area contributed by atoms with Gasteiger partial charge in [-0.25, -0.2) is 9.59 Å². The van der Waals surface area contributed by atoms with Crippen LogP contribution in [0.25, 0.3) is 0 Å². The molecule has 7 nitrogen and oxygen atoms in total. The second-order valence-corrected chi connectivity index (χ2v) is 26.2. The van der Waals surface area contributed by atoms with Crippen LogP contribution in [-0.2, 0) is 23.1 Å². The average molecular weight is 694 g/mol. The Hall–Kier alpha value is -1.95. The number of amides is 1. The number of esters is 1. The van der Waals surface area contributed by atoms with Gasteiger partial charge in [0.2, 0.25) is 0 Å². The molecule has 0 aliphatic rings. The SMILES string of the molecule is C=C/C=C\[C@H](C)[C@H](OC(N)=O)[C@@H](C)[C@H](O[Si](C)(C)C(C)(C)C)[C@@H](C)C/C(C)=C\[C@H](C)[C@@H](O[Si](C)(C)C(C)(C)C)[C@@H](C)/C=C\C(=O)OC. The molecule has 0 rings (SSSR count). The molecule has 47 heavy (non-hydrogen) atoms. The normalized spacial score (nSPS) is 19.0. The maximum Gasteiger partial charge on any atom is 0.404 e. The summed E-state index contributed by atoms with van der Waals surface area (Å²) in [5.74, 6) is -0.386. The van der Waals surface area contributed by atoms with Gasteiger partial charge < -0.3 is 24.1 Å². The Labute approximate surface area is 291 Å². The number of carbonyl (C=O) groups is 2. The largest absolute Gasteiger partial charge is 0.466 e. The first kappa shape index (κ1) is 45.1. The Morgan fingerprint density at radius 1 is 0.787 bits per heavy atom. The van der Waals surface area contributed by atoms with Gasteiger partial charge in [0.05, 0.1) is 19.3 Å². The summed E-state index contributed by atoms with van der Waals surface area (Å²) < 4.78 is 24.8.